The van der Waals surface area contributed by atoms with E-state index in [1.54, 1.807) is 11.0 Å². The molecule has 2 fully saturated rings. The molecule has 1 aliphatic carbocycles. The summed E-state index contributed by atoms with van der Waals surface area (Å²) in [5.41, 5.74) is -0.700. The van der Waals surface area contributed by atoms with Gasteiger partial charge in [0.25, 0.3) is 0 Å². The summed E-state index contributed by atoms with van der Waals surface area (Å²) in [6, 6.07) is 1.19. The molecule has 1 saturated carbocycles. The van der Waals surface area contributed by atoms with Gasteiger partial charge in [0.2, 0.25) is 5.91 Å². The normalized spacial score (nSPS) is 21.8. The summed E-state index contributed by atoms with van der Waals surface area (Å²) >= 11 is 0. The predicted molar refractivity (Wildman–Crippen MR) is 96.8 cm³/mol. The number of carbonyl (C=O) groups excluding carboxylic acids is 2. The van der Waals surface area contributed by atoms with Crippen molar-refractivity contribution in [3.05, 3.63) is 11.8 Å². The SMILES string of the molecule is CC(C)(C)OC(=O)N1CC2(CC2)CC1C(=O)Nc1cc(C(C)(C)C)on1. The molecule has 26 heavy (non-hydrogen) atoms. The van der Waals surface area contributed by atoms with Crippen LogP contribution in [0.2, 0.25) is 0 Å². The van der Waals surface area contributed by atoms with Gasteiger partial charge in [0.15, 0.2) is 5.82 Å². The maximum absolute atomic E-state index is 12.8. The first-order chi connectivity index (χ1) is 11.9. The number of nitrogens with zero attached hydrogens (tertiary/aromatic N) is 2. The van der Waals surface area contributed by atoms with Crippen LogP contribution in [0.1, 0.15) is 66.6 Å². The number of hydrogen-bond acceptors (Lipinski definition) is 5. The van der Waals surface area contributed by atoms with E-state index in [1.807, 2.05) is 41.5 Å². The van der Waals surface area contributed by atoms with Crippen molar-refractivity contribution < 1.29 is 18.8 Å². The average molecular weight is 363 g/mol. The fraction of sp³-hybridized carbons (Fsp3) is 0.737. The second-order valence-electron chi connectivity index (χ2n) is 9.64. The predicted octanol–water partition coefficient (Wildman–Crippen LogP) is 3.70. The quantitative estimate of drug-likeness (QED) is 0.866. The number of aromatic nitrogens is 1. The Morgan fingerprint density at radius 3 is 2.42 bits per heavy atom. The van der Waals surface area contributed by atoms with Crippen LogP contribution in [-0.2, 0) is 14.9 Å². The molecule has 0 bridgehead atoms. The standard InChI is InChI=1S/C19H29N3O4/c1-17(2,3)13-9-14(21-26-13)20-15(23)12-10-19(7-8-19)11-22(12)16(24)25-18(4,5)6/h9,12H,7-8,10-11H2,1-6H3,(H,20,21,23). The number of carbonyl (C=O) groups is 2. The van der Waals surface area contributed by atoms with Crippen LogP contribution in [0, 0.1) is 5.41 Å². The highest BCUT2D eigenvalue weighted by Crippen LogP contribution is 2.55. The minimum atomic E-state index is -0.592. The van der Waals surface area contributed by atoms with E-state index in [2.05, 4.69) is 10.5 Å². The van der Waals surface area contributed by atoms with Crippen molar-refractivity contribution in [2.45, 2.75) is 77.9 Å². The average Bonchev–Trinajstić information content (AvgIpc) is 2.91. The number of likely N-dealkylation sites (tertiary alicyclic amines) is 1. The summed E-state index contributed by atoms with van der Waals surface area (Å²) in [5, 5.41) is 6.73. The van der Waals surface area contributed by atoms with Gasteiger partial charge in [-0.2, -0.15) is 0 Å². The van der Waals surface area contributed by atoms with Crippen LogP contribution in [0.4, 0.5) is 10.6 Å². The van der Waals surface area contributed by atoms with Crippen molar-refractivity contribution in [1.82, 2.24) is 10.1 Å². The first-order valence-electron chi connectivity index (χ1n) is 9.16. The van der Waals surface area contributed by atoms with Crippen molar-refractivity contribution >= 4 is 17.8 Å². The van der Waals surface area contributed by atoms with Gasteiger partial charge in [0, 0.05) is 18.0 Å². The summed E-state index contributed by atoms with van der Waals surface area (Å²) in [6.45, 7) is 12.1. The van der Waals surface area contributed by atoms with Gasteiger partial charge in [-0.25, -0.2) is 4.79 Å². The Balaban J connectivity index is 1.72. The highest BCUT2D eigenvalue weighted by molar-refractivity contribution is 5.96. The smallest absolute Gasteiger partial charge is 0.410 e. The zero-order valence-corrected chi connectivity index (χ0v) is 16.5. The first kappa shape index (κ1) is 18.7. The summed E-state index contributed by atoms with van der Waals surface area (Å²) in [7, 11) is 0. The third kappa shape index (κ3) is 4.02. The molecule has 7 heteroatoms. The van der Waals surface area contributed by atoms with Crippen LogP contribution in [0.3, 0.4) is 0 Å². The Bertz CT molecular complexity index is 707. The van der Waals surface area contributed by atoms with Gasteiger partial charge in [-0.15, -0.1) is 0 Å². The van der Waals surface area contributed by atoms with Crippen molar-refractivity contribution in [3.63, 3.8) is 0 Å². The van der Waals surface area contributed by atoms with Gasteiger partial charge >= 0.3 is 6.09 Å². The van der Waals surface area contributed by atoms with E-state index in [9.17, 15) is 9.59 Å². The third-order valence-electron chi connectivity index (χ3n) is 4.90. The van der Waals surface area contributed by atoms with Gasteiger partial charge < -0.3 is 14.6 Å². The minimum absolute atomic E-state index is 0.0826. The molecule has 7 nitrogen and oxygen atoms in total. The Kier molecular flexibility index (Phi) is 4.32. The highest BCUT2D eigenvalue weighted by atomic mass is 16.6. The summed E-state index contributed by atoms with van der Waals surface area (Å²) < 4.78 is 10.8. The maximum atomic E-state index is 12.8. The monoisotopic (exact) mass is 363 g/mol. The van der Waals surface area contributed by atoms with E-state index in [0.717, 1.165) is 12.8 Å². The molecule has 0 aromatic carbocycles. The van der Waals surface area contributed by atoms with E-state index in [1.165, 1.54) is 0 Å². The highest BCUT2D eigenvalue weighted by Gasteiger charge is 2.56. The zero-order valence-electron chi connectivity index (χ0n) is 16.5. The fourth-order valence-electron chi connectivity index (χ4n) is 3.24. The molecule has 2 heterocycles. The van der Waals surface area contributed by atoms with Gasteiger partial charge in [0.1, 0.15) is 17.4 Å². The Hall–Kier alpha value is -2.05. The molecule has 1 aliphatic heterocycles. The lowest BCUT2D eigenvalue weighted by atomic mass is 9.93. The lowest BCUT2D eigenvalue weighted by Gasteiger charge is -2.27. The van der Waals surface area contributed by atoms with E-state index in [-0.39, 0.29) is 16.7 Å². The van der Waals surface area contributed by atoms with Crippen molar-refractivity contribution in [3.8, 4) is 0 Å². The maximum Gasteiger partial charge on any atom is 0.410 e. The topological polar surface area (TPSA) is 84.7 Å². The molecule has 2 aliphatic rings. The molecular weight excluding hydrogens is 334 g/mol. The second-order valence-corrected chi connectivity index (χ2v) is 9.64. The van der Waals surface area contributed by atoms with Crippen LogP contribution >= 0.6 is 0 Å². The van der Waals surface area contributed by atoms with Crippen LogP contribution in [0.25, 0.3) is 0 Å². The number of nitrogens with one attached hydrogen (secondary N) is 1. The molecular formula is C19H29N3O4. The minimum Gasteiger partial charge on any atom is -0.444 e. The third-order valence-corrected chi connectivity index (χ3v) is 4.90. The van der Waals surface area contributed by atoms with Crippen molar-refractivity contribution in [2.24, 2.45) is 5.41 Å². The number of rotatable bonds is 2. The van der Waals surface area contributed by atoms with Crippen molar-refractivity contribution in [1.29, 1.82) is 0 Å². The Morgan fingerprint density at radius 2 is 1.92 bits per heavy atom. The van der Waals surface area contributed by atoms with Gasteiger partial charge in [-0.05, 0) is 45.4 Å². The fourth-order valence-corrected chi connectivity index (χ4v) is 3.24. The molecule has 1 aromatic heterocycles. The molecule has 1 unspecified atom stereocenters. The molecule has 1 spiro atoms. The number of amides is 2. The van der Waals surface area contributed by atoms with Gasteiger partial charge in [0.05, 0.1) is 0 Å². The summed E-state index contributed by atoms with van der Waals surface area (Å²) in [4.78, 5) is 27.0. The molecule has 1 aromatic rings. The molecule has 3 rings (SSSR count). The molecule has 1 saturated heterocycles. The Morgan fingerprint density at radius 1 is 1.27 bits per heavy atom. The summed E-state index contributed by atoms with van der Waals surface area (Å²) in [5.74, 6) is 0.830. The largest absolute Gasteiger partial charge is 0.444 e. The van der Waals surface area contributed by atoms with Crippen molar-refractivity contribution in [2.75, 3.05) is 11.9 Å². The molecule has 2 amide bonds. The van der Waals surface area contributed by atoms with E-state index in [4.69, 9.17) is 9.26 Å². The van der Waals surface area contributed by atoms with Crippen LogP contribution < -0.4 is 5.32 Å². The molecule has 144 valence electrons. The number of ether oxygens (including phenoxy) is 1. The second kappa shape index (κ2) is 5.99. The molecule has 1 atom stereocenters. The first-order valence-corrected chi connectivity index (χ1v) is 9.16. The van der Waals surface area contributed by atoms with E-state index < -0.39 is 17.7 Å². The molecule has 1 N–H and O–H groups in total. The van der Waals surface area contributed by atoms with E-state index in [0.29, 0.717) is 24.5 Å². The molecule has 0 radical (unpaired) electrons. The lowest BCUT2D eigenvalue weighted by molar-refractivity contribution is -0.120. The van der Waals surface area contributed by atoms with Gasteiger partial charge in [-0.1, -0.05) is 25.9 Å². The van der Waals surface area contributed by atoms with Crippen LogP contribution in [-0.4, -0.2) is 40.2 Å². The summed E-state index contributed by atoms with van der Waals surface area (Å²) in [6.07, 6.45) is 2.33. The lowest BCUT2D eigenvalue weighted by Crippen LogP contribution is -2.45. The zero-order chi connectivity index (χ0) is 19.3. The van der Waals surface area contributed by atoms with E-state index >= 15 is 0 Å². The van der Waals surface area contributed by atoms with Crippen LogP contribution in [0.15, 0.2) is 10.6 Å². The number of anilines is 1. The van der Waals surface area contributed by atoms with Gasteiger partial charge in [-0.3, -0.25) is 9.69 Å². The Labute approximate surface area is 154 Å². The van der Waals surface area contributed by atoms with Crippen LogP contribution in [0.5, 0.6) is 0 Å². The number of hydrogen-bond donors (Lipinski definition) is 1.